The van der Waals surface area contributed by atoms with E-state index in [4.69, 9.17) is 16.2 Å². The van der Waals surface area contributed by atoms with E-state index < -0.39 is 0 Å². The first-order valence-corrected chi connectivity index (χ1v) is 23.2. The number of H-pyrrole nitrogens is 3. The highest BCUT2D eigenvalue weighted by atomic mass is 15.4. The molecule has 0 saturated carbocycles. The highest BCUT2D eigenvalue weighted by Gasteiger charge is 2.17. The van der Waals surface area contributed by atoms with Crippen LogP contribution in [-0.2, 0) is 58.9 Å². The Morgan fingerprint density at radius 3 is 0.932 bits per heavy atom. The number of aromatic nitrogens is 21. The minimum Gasteiger partial charge on any atom is -0.340 e. The standard InChI is InChI=1S/C48H45N25/c49-43-40-46(55-25-52-40)58-28-68(43)13-31-1-7-34(8-2-31)16-71-22-37(61-64-71)19-67(20-38-23-72(65-62-38)17-35-9-3-32(4-10-35)14-69-29-59-47-41(44(69)50)53-26-56-47)21-39-24-73(66-63-39)18-36-11-5-33(6-12-36)15-70-30-60-48-42(45(70)51)54-27-57-48/h1-12,22-30,49-51H,13-21H2,(H,52,55)(H,53,56)(H,54,57). The van der Waals surface area contributed by atoms with Gasteiger partial charge in [0, 0.05) is 19.6 Å². The van der Waals surface area contributed by atoms with Crippen LogP contribution >= 0.6 is 0 Å². The Morgan fingerprint density at radius 2 is 0.644 bits per heavy atom. The van der Waals surface area contributed by atoms with Gasteiger partial charge in [-0.3, -0.25) is 21.1 Å². The molecular weight excluding hydrogens is 927 g/mol. The molecule has 6 N–H and O–H groups in total. The lowest BCUT2D eigenvalue weighted by Crippen LogP contribution is -2.23. The van der Waals surface area contributed by atoms with Crippen LogP contribution in [0.5, 0.6) is 0 Å². The molecule has 0 aliphatic carbocycles. The molecule has 0 unspecified atom stereocenters. The fourth-order valence-corrected chi connectivity index (χ4v) is 8.74. The van der Waals surface area contributed by atoms with E-state index >= 15 is 0 Å². The first-order valence-electron chi connectivity index (χ1n) is 23.2. The zero-order valence-corrected chi connectivity index (χ0v) is 39.0. The minimum atomic E-state index is 0.326. The summed E-state index contributed by atoms with van der Waals surface area (Å²) >= 11 is 0. The molecule has 0 atom stereocenters. The molecule has 0 spiro atoms. The van der Waals surface area contributed by atoms with Gasteiger partial charge in [0.25, 0.3) is 0 Å². The number of imidazole rings is 3. The second kappa shape index (κ2) is 19.1. The summed E-state index contributed by atoms with van der Waals surface area (Å²) in [5.41, 5.74) is 13.0. The van der Waals surface area contributed by atoms with Crippen molar-refractivity contribution in [1.29, 1.82) is 16.2 Å². The van der Waals surface area contributed by atoms with Crippen LogP contribution in [-0.4, -0.2) is 108 Å². The average Bonchev–Trinajstić information content (AvgIpc) is 4.28. The molecule has 9 aromatic heterocycles. The van der Waals surface area contributed by atoms with Crippen LogP contribution in [0, 0.1) is 16.2 Å². The van der Waals surface area contributed by atoms with Gasteiger partial charge in [0.15, 0.2) is 33.4 Å². The third-order valence-electron chi connectivity index (χ3n) is 12.5. The van der Waals surface area contributed by atoms with Crippen LogP contribution in [0.4, 0.5) is 0 Å². The molecule has 25 nitrogen and oxygen atoms in total. The van der Waals surface area contributed by atoms with Gasteiger partial charge in [-0.2, -0.15) is 0 Å². The van der Waals surface area contributed by atoms with Gasteiger partial charge in [-0.05, 0) is 33.4 Å². The number of rotatable bonds is 18. The van der Waals surface area contributed by atoms with Gasteiger partial charge in [0.1, 0.15) is 16.6 Å². The molecule has 3 aromatic carbocycles. The van der Waals surface area contributed by atoms with Crippen molar-refractivity contribution in [1.82, 2.24) is 108 Å². The van der Waals surface area contributed by atoms with Gasteiger partial charge in [-0.15, -0.1) is 15.3 Å². The first-order chi connectivity index (χ1) is 35.8. The highest BCUT2D eigenvalue weighted by Crippen LogP contribution is 2.16. The number of hydrogen-bond donors (Lipinski definition) is 6. The Morgan fingerprint density at radius 1 is 0.370 bits per heavy atom. The predicted octanol–water partition coefficient (Wildman–Crippen LogP) is 2.61. The van der Waals surface area contributed by atoms with E-state index in [-0.39, 0.29) is 0 Å². The maximum Gasteiger partial charge on any atom is 0.182 e. The zero-order chi connectivity index (χ0) is 49.3. The van der Waals surface area contributed by atoms with Crippen LogP contribution in [0.15, 0.2) is 129 Å². The highest BCUT2D eigenvalue weighted by molar-refractivity contribution is 5.68. The molecule has 0 fully saturated rings. The summed E-state index contributed by atoms with van der Waals surface area (Å²) in [4.78, 5) is 36.7. The van der Waals surface area contributed by atoms with Gasteiger partial charge >= 0.3 is 0 Å². The van der Waals surface area contributed by atoms with Crippen LogP contribution in [0.1, 0.15) is 50.5 Å². The quantitative estimate of drug-likeness (QED) is 0.0722. The van der Waals surface area contributed by atoms with Crippen LogP contribution in [0.3, 0.4) is 0 Å². The average molecular weight is 972 g/mol. The van der Waals surface area contributed by atoms with Crippen molar-refractivity contribution in [3.63, 3.8) is 0 Å². The molecule has 9 heterocycles. The molecule has 0 saturated heterocycles. The Labute approximate surface area is 412 Å². The molecule has 0 aliphatic rings. The monoisotopic (exact) mass is 971 g/mol. The lowest BCUT2D eigenvalue weighted by Gasteiger charge is -2.18. The molecule has 12 rings (SSSR count). The Kier molecular flexibility index (Phi) is 11.6. The molecule has 362 valence electrons. The van der Waals surface area contributed by atoms with E-state index in [2.05, 4.69) is 153 Å². The maximum absolute atomic E-state index is 8.56. The van der Waals surface area contributed by atoms with Crippen molar-refractivity contribution in [3.8, 4) is 0 Å². The predicted molar refractivity (Wildman–Crippen MR) is 260 cm³/mol. The van der Waals surface area contributed by atoms with E-state index in [0.717, 1.165) is 50.5 Å². The van der Waals surface area contributed by atoms with Crippen molar-refractivity contribution in [2.24, 2.45) is 0 Å². The third-order valence-corrected chi connectivity index (χ3v) is 12.5. The van der Waals surface area contributed by atoms with E-state index in [1.807, 2.05) is 32.6 Å². The smallest absolute Gasteiger partial charge is 0.182 e. The van der Waals surface area contributed by atoms with Crippen molar-refractivity contribution >= 4 is 33.5 Å². The van der Waals surface area contributed by atoms with Crippen LogP contribution in [0.2, 0.25) is 0 Å². The van der Waals surface area contributed by atoms with Gasteiger partial charge in [0.05, 0.1) is 113 Å². The van der Waals surface area contributed by atoms with E-state index in [9.17, 15) is 0 Å². The molecule has 25 heteroatoms. The summed E-state index contributed by atoms with van der Waals surface area (Å²) in [6.45, 7) is 4.48. The Balaban J connectivity index is 0.716. The summed E-state index contributed by atoms with van der Waals surface area (Å²) in [6, 6.07) is 24.7. The number of aromatic amines is 3. The normalized spacial score (nSPS) is 11.8. The molecule has 0 amide bonds. The number of nitrogens with zero attached hydrogens (tertiary/aromatic N) is 19. The molecule has 12 aromatic rings. The fraction of sp³-hybridized carbons (Fsp3) is 0.188. The summed E-state index contributed by atoms with van der Waals surface area (Å²) < 4.78 is 10.8. The Hall–Kier alpha value is -9.91. The largest absolute Gasteiger partial charge is 0.340 e. The van der Waals surface area contributed by atoms with Crippen molar-refractivity contribution < 1.29 is 0 Å². The van der Waals surface area contributed by atoms with Crippen LogP contribution < -0.4 is 16.5 Å². The topological polar surface area (TPSA) is 306 Å². The summed E-state index contributed by atoms with van der Waals surface area (Å²) in [7, 11) is 0. The molecule has 0 radical (unpaired) electrons. The van der Waals surface area contributed by atoms with E-state index in [0.29, 0.717) is 109 Å². The fourth-order valence-electron chi connectivity index (χ4n) is 8.74. The van der Waals surface area contributed by atoms with Gasteiger partial charge in [-0.1, -0.05) is 88.4 Å². The molecule has 0 bridgehead atoms. The molecule has 0 aliphatic heterocycles. The third kappa shape index (κ3) is 9.69. The lowest BCUT2D eigenvalue weighted by atomic mass is 10.1. The zero-order valence-electron chi connectivity index (χ0n) is 39.0. The number of nitrogens with one attached hydrogen (secondary N) is 6. The van der Waals surface area contributed by atoms with Crippen molar-refractivity contribution in [2.45, 2.75) is 58.9 Å². The number of fused-ring (bicyclic) bond motifs is 3. The van der Waals surface area contributed by atoms with Crippen molar-refractivity contribution in [3.05, 3.63) is 196 Å². The van der Waals surface area contributed by atoms with E-state index in [1.54, 1.807) is 51.7 Å². The maximum atomic E-state index is 8.56. The van der Waals surface area contributed by atoms with Gasteiger partial charge in [0.2, 0.25) is 0 Å². The molecular formula is C48H45N25. The second-order valence-electron chi connectivity index (χ2n) is 17.8. The van der Waals surface area contributed by atoms with Crippen LogP contribution in [0.25, 0.3) is 33.5 Å². The number of benzene rings is 3. The first kappa shape index (κ1) is 44.3. The second-order valence-corrected chi connectivity index (χ2v) is 17.8. The minimum absolute atomic E-state index is 0.326. The summed E-state index contributed by atoms with van der Waals surface area (Å²) in [5, 5.41) is 52.8. The Bertz CT molecular complexity index is 3630. The SMILES string of the molecule is N=c1c2[nH]cnc2ncn1Cc1ccc(Cn2cc(CN(Cc3cn(Cc4ccc(Cn5cnc6nc[nH]c6c5=N)cc4)nn3)Cc3cn(Cc4ccc(Cn5cnc6nc[nH]c6c5=N)cc4)nn3)nn2)cc1. The van der Waals surface area contributed by atoms with Crippen molar-refractivity contribution in [2.75, 3.05) is 0 Å². The van der Waals surface area contributed by atoms with E-state index in [1.165, 1.54) is 0 Å². The lowest BCUT2D eigenvalue weighted by molar-refractivity contribution is 0.238. The molecule has 73 heavy (non-hydrogen) atoms. The number of hydrogen-bond acceptors (Lipinski definition) is 16. The van der Waals surface area contributed by atoms with Gasteiger partial charge in [-0.25, -0.2) is 43.9 Å². The summed E-state index contributed by atoms with van der Waals surface area (Å²) in [5.74, 6) is 0. The summed E-state index contributed by atoms with van der Waals surface area (Å²) in [6.07, 6.45) is 15.5. The van der Waals surface area contributed by atoms with Gasteiger partial charge < -0.3 is 28.7 Å².